The van der Waals surface area contributed by atoms with Gasteiger partial charge in [0.1, 0.15) is 11.8 Å². The average molecular weight is 193 g/mol. The third kappa shape index (κ3) is 2.18. The molecule has 0 unspecified atom stereocenters. The van der Waals surface area contributed by atoms with E-state index in [1.54, 1.807) is 0 Å². The van der Waals surface area contributed by atoms with E-state index in [-0.39, 0.29) is 29.5 Å². The lowest BCUT2D eigenvalue weighted by molar-refractivity contribution is -0.415. The zero-order valence-corrected chi connectivity index (χ0v) is 7.73. The molecule has 70 valence electrons. The molecule has 1 heterocycles. The van der Waals surface area contributed by atoms with Crippen LogP contribution < -0.4 is 11.1 Å². The van der Waals surface area contributed by atoms with E-state index in [0.29, 0.717) is 0 Å². The fourth-order valence-corrected chi connectivity index (χ4v) is 3.26. The largest absolute Gasteiger partial charge is 0.353 e. The van der Waals surface area contributed by atoms with Gasteiger partial charge >= 0.3 is 0 Å². The molecule has 0 aromatic carbocycles. The summed E-state index contributed by atoms with van der Waals surface area (Å²) in [4.78, 5) is 10.6. The average Bonchev–Trinajstić information content (AvgIpc) is 2.03. The molecule has 0 aromatic rings. The molecule has 12 heavy (non-hydrogen) atoms. The Balaban J connectivity index is 2.64. The lowest BCUT2D eigenvalue weighted by Gasteiger charge is -2.10. The molecule has 1 amide bonds. The fourth-order valence-electron chi connectivity index (χ4n) is 1.34. The van der Waals surface area contributed by atoms with Crippen LogP contribution >= 0.6 is 0 Å². The first kappa shape index (κ1) is 9.47. The molecule has 0 bridgehead atoms. The first-order valence-electron chi connectivity index (χ1n) is 3.71. The lowest BCUT2D eigenvalue weighted by atomic mass is 10.2. The van der Waals surface area contributed by atoms with Gasteiger partial charge in [0.15, 0.2) is 9.84 Å². The molecule has 1 rings (SSSR count). The van der Waals surface area contributed by atoms with Gasteiger partial charge in [-0.2, -0.15) is 0 Å². The van der Waals surface area contributed by atoms with Crippen molar-refractivity contribution in [3.8, 4) is 0 Å². The number of hydrogen-bond acceptors (Lipinski definition) is 3. The Morgan fingerprint density at radius 3 is 2.42 bits per heavy atom. The van der Waals surface area contributed by atoms with Crippen LogP contribution in [0.5, 0.6) is 0 Å². The smallest absolute Gasteiger partial charge is 0.217 e. The van der Waals surface area contributed by atoms with Gasteiger partial charge in [0.25, 0.3) is 0 Å². The summed E-state index contributed by atoms with van der Waals surface area (Å²) >= 11 is 0. The van der Waals surface area contributed by atoms with Crippen molar-refractivity contribution in [2.75, 3.05) is 11.5 Å². The predicted molar refractivity (Wildman–Crippen MR) is 42.9 cm³/mol. The number of hydrogen-bond donors (Lipinski definition) is 2. The van der Waals surface area contributed by atoms with E-state index < -0.39 is 9.84 Å². The number of quaternary nitrogens is 1. The van der Waals surface area contributed by atoms with Gasteiger partial charge in [-0.1, -0.05) is 0 Å². The second-order valence-corrected chi connectivity index (χ2v) is 5.30. The van der Waals surface area contributed by atoms with Gasteiger partial charge in [-0.25, -0.2) is 8.42 Å². The molecule has 0 aliphatic carbocycles. The lowest BCUT2D eigenvalue weighted by Crippen LogP contribution is -2.69. The molecule has 0 saturated carbocycles. The monoisotopic (exact) mass is 193 g/mol. The van der Waals surface area contributed by atoms with E-state index in [4.69, 9.17) is 0 Å². The number of amides is 1. The molecule has 1 aliphatic rings. The van der Waals surface area contributed by atoms with Crippen molar-refractivity contribution in [3.63, 3.8) is 0 Å². The van der Waals surface area contributed by atoms with E-state index in [0.717, 1.165) is 0 Å². The molecule has 6 heteroatoms. The summed E-state index contributed by atoms with van der Waals surface area (Å²) in [5.41, 5.74) is 3.67. The molecule has 1 fully saturated rings. The first-order valence-corrected chi connectivity index (χ1v) is 5.53. The summed E-state index contributed by atoms with van der Waals surface area (Å²) in [7, 11) is -2.97. The highest BCUT2D eigenvalue weighted by atomic mass is 32.2. The van der Waals surface area contributed by atoms with E-state index in [1.807, 2.05) is 0 Å². The van der Waals surface area contributed by atoms with Crippen LogP contribution in [0.15, 0.2) is 0 Å². The second-order valence-electron chi connectivity index (χ2n) is 3.14. The zero-order chi connectivity index (χ0) is 9.35. The molecular weight excluding hydrogens is 180 g/mol. The minimum Gasteiger partial charge on any atom is -0.353 e. The molecule has 5 nitrogen and oxygen atoms in total. The van der Waals surface area contributed by atoms with Gasteiger partial charge < -0.3 is 11.1 Å². The van der Waals surface area contributed by atoms with E-state index in [1.165, 1.54) is 6.92 Å². The minimum atomic E-state index is -2.97. The topological polar surface area (TPSA) is 90.9 Å². The number of carbonyl (C=O) groups is 1. The normalized spacial score (nSPS) is 33.2. The number of carbonyl (C=O) groups excluding carboxylic acids is 1. The molecule has 1 saturated heterocycles. The summed E-state index contributed by atoms with van der Waals surface area (Å²) in [5.74, 6) is -0.0932. The van der Waals surface area contributed by atoms with Gasteiger partial charge in [0.2, 0.25) is 5.91 Å². The fraction of sp³-hybridized carbons (Fsp3) is 0.833. The van der Waals surface area contributed by atoms with Crippen LogP contribution in [-0.4, -0.2) is 37.9 Å². The van der Waals surface area contributed by atoms with Crippen molar-refractivity contribution in [2.45, 2.75) is 19.0 Å². The van der Waals surface area contributed by atoms with E-state index >= 15 is 0 Å². The van der Waals surface area contributed by atoms with E-state index in [2.05, 4.69) is 11.1 Å². The molecule has 1 aliphatic heterocycles. The van der Waals surface area contributed by atoms with E-state index in [9.17, 15) is 13.2 Å². The quantitative estimate of drug-likeness (QED) is 0.483. The maximum Gasteiger partial charge on any atom is 0.217 e. The molecule has 0 aromatic heterocycles. The maximum absolute atomic E-state index is 11.0. The molecule has 0 radical (unpaired) electrons. The van der Waals surface area contributed by atoms with Crippen molar-refractivity contribution in [1.82, 2.24) is 5.32 Å². The Bertz CT molecular complexity index is 285. The molecule has 0 spiro atoms. The Morgan fingerprint density at radius 1 is 1.50 bits per heavy atom. The van der Waals surface area contributed by atoms with Crippen molar-refractivity contribution in [2.24, 2.45) is 0 Å². The third-order valence-corrected chi connectivity index (χ3v) is 3.66. The zero-order valence-electron chi connectivity index (χ0n) is 6.91. The van der Waals surface area contributed by atoms with Crippen LogP contribution in [0.25, 0.3) is 0 Å². The standard InChI is InChI=1S/C6H12N2O3S/c1-4(9)8-6-3-12(10,11)2-5(6)7/h5-6H,2-3,7H2,1H3,(H,8,9)/p+1/t5-,6+/m0/s1. The minimum absolute atomic E-state index is 0.0285. The summed E-state index contributed by atoms with van der Waals surface area (Å²) in [6, 6.07) is -0.508. The number of rotatable bonds is 1. The highest BCUT2D eigenvalue weighted by Gasteiger charge is 2.38. The highest BCUT2D eigenvalue weighted by molar-refractivity contribution is 7.91. The summed E-state index contributed by atoms with van der Waals surface area (Å²) < 4.78 is 22.1. The Morgan fingerprint density at radius 2 is 2.08 bits per heavy atom. The van der Waals surface area contributed by atoms with Crippen molar-refractivity contribution in [1.29, 1.82) is 0 Å². The maximum atomic E-state index is 11.0. The van der Waals surface area contributed by atoms with Gasteiger partial charge in [0.05, 0.1) is 11.8 Å². The summed E-state index contributed by atoms with van der Waals surface area (Å²) in [5, 5.41) is 2.57. The Kier molecular flexibility index (Phi) is 2.39. The van der Waals surface area contributed by atoms with Crippen LogP contribution in [0.2, 0.25) is 0 Å². The van der Waals surface area contributed by atoms with Gasteiger partial charge in [-0.3, -0.25) is 4.79 Å². The molecular formula is C6H13N2O3S+. The van der Waals surface area contributed by atoms with Crippen LogP contribution in [0.4, 0.5) is 0 Å². The Labute approximate surface area is 71.2 Å². The third-order valence-electron chi connectivity index (χ3n) is 1.86. The SMILES string of the molecule is CC(=O)N[C@@H]1CS(=O)(=O)C[C@@H]1[NH3+]. The molecule has 4 N–H and O–H groups in total. The van der Waals surface area contributed by atoms with Gasteiger partial charge in [0, 0.05) is 6.92 Å². The van der Waals surface area contributed by atoms with Crippen LogP contribution in [0, 0.1) is 0 Å². The van der Waals surface area contributed by atoms with Gasteiger partial charge in [-0.15, -0.1) is 0 Å². The first-order chi connectivity index (χ1) is 5.41. The molecule has 2 atom stereocenters. The van der Waals surface area contributed by atoms with Gasteiger partial charge in [-0.05, 0) is 0 Å². The van der Waals surface area contributed by atoms with Crippen molar-refractivity contribution in [3.05, 3.63) is 0 Å². The second kappa shape index (κ2) is 3.02. The summed E-state index contributed by atoms with van der Waals surface area (Å²) in [6.45, 7) is 1.37. The van der Waals surface area contributed by atoms with Crippen LogP contribution in [0.3, 0.4) is 0 Å². The Hall–Kier alpha value is -0.620. The van der Waals surface area contributed by atoms with Crippen molar-refractivity contribution >= 4 is 15.7 Å². The summed E-state index contributed by atoms with van der Waals surface area (Å²) in [6.07, 6.45) is 0. The van der Waals surface area contributed by atoms with Crippen LogP contribution in [-0.2, 0) is 14.6 Å². The number of nitrogens with one attached hydrogen (secondary N) is 1. The number of sulfone groups is 1. The van der Waals surface area contributed by atoms with Crippen LogP contribution in [0.1, 0.15) is 6.92 Å². The highest BCUT2D eigenvalue weighted by Crippen LogP contribution is 2.08. The predicted octanol–water partition coefficient (Wildman–Crippen LogP) is -2.47. The van der Waals surface area contributed by atoms with Crippen molar-refractivity contribution < 1.29 is 18.9 Å².